The molecule has 3 rings (SSSR count). The Balaban J connectivity index is 1.82. The van der Waals surface area contributed by atoms with Crippen molar-refractivity contribution in [3.63, 3.8) is 0 Å². The molecular weight excluding hydrogens is 392 g/mol. The second-order valence-corrected chi connectivity index (χ2v) is 9.11. The summed E-state index contributed by atoms with van der Waals surface area (Å²) in [4.78, 5) is 14.6. The van der Waals surface area contributed by atoms with Crippen LogP contribution in [-0.4, -0.2) is 58.7 Å². The van der Waals surface area contributed by atoms with E-state index in [-0.39, 0.29) is 23.0 Å². The van der Waals surface area contributed by atoms with Crippen LogP contribution in [-0.2, 0) is 14.8 Å². The van der Waals surface area contributed by atoms with Gasteiger partial charge in [-0.25, -0.2) is 8.42 Å². The first kappa shape index (κ1) is 21.1. The van der Waals surface area contributed by atoms with E-state index in [1.165, 1.54) is 30.6 Å². The highest BCUT2D eigenvalue weighted by atomic mass is 32.2. The Kier molecular flexibility index (Phi) is 6.14. The zero-order valence-corrected chi connectivity index (χ0v) is 17.8. The van der Waals surface area contributed by atoms with Crippen molar-refractivity contribution in [1.29, 1.82) is 0 Å². The molecule has 2 atom stereocenters. The number of sulfonamides is 1. The molecule has 2 aromatic rings. The Bertz CT molecular complexity index is 965. The molecule has 1 fully saturated rings. The van der Waals surface area contributed by atoms with E-state index < -0.39 is 10.0 Å². The van der Waals surface area contributed by atoms with Crippen molar-refractivity contribution in [3.05, 3.63) is 54.1 Å². The lowest BCUT2D eigenvalue weighted by Gasteiger charge is -2.35. The van der Waals surface area contributed by atoms with Gasteiger partial charge in [0.2, 0.25) is 0 Å². The van der Waals surface area contributed by atoms with Gasteiger partial charge in [0, 0.05) is 25.7 Å². The second kappa shape index (κ2) is 8.42. The molecule has 0 bridgehead atoms. The van der Waals surface area contributed by atoms with Gasteiger partial charge in [-0.05, 0) is 50.2 Å². The Morgan fingerprint density at radius 2 is 1.66 bits per heavy atom. The summed E-state index contributed by atoms with van der Waals surface area (Å²) in [5, 5.41) is 0. The lowest BCUT2D eigenvalue weighted by molar-refractivity contribution is -0.0586. The number of rotatable bonds is 5. The highest BCUT2D eigenvalue weighted by Crippen LogP contribution is 2.31. The van der Waals surface area contributed by atoms with Gasteiger partial charge in [0.25, 0.3) is 15.9 Å². The molecule has 1 heterocycles. The van der Waals surface area contributed by atoms with Crippen LogP contribution < -0.4 is 9.04 Å². The van der Waals surface area contributed by atoms with Gasteiger partial charge in [-0.3, -0.25) is 9.10 Å². The van der Waals surface area contributed by atoms with Gasteiger partial charge in [0.15, 0.2) is 0 Å². The third-order valence-corrected chi connectivity index (χ3v) is 6.68. The van der Waals surface area contributed by atoms with Gasteiger partial charge >= 0.3 is 0 Å². The molecule has 2 aromatic carbocycles. The summed E-state index contributed by atoms with van der Waals surface area (Å²) in [5.74, 6) is 0.329. The average molecular weight is 419 g/mol. The van der Waals surface area contributed by atoms with Crippen molar-refractivity contribution in [2.45, 2.75) is 31.0 Å². The highest BCUT2D eigenvalue weighted by Gasteiger charge is 2.28. The summed E-state index contributed by atoms with van der Waals surface area (Å²) in [6.45, 7) is 4.89. The number of carbonyl (C=O) groups is 1. The lowest BCUT2D eigenvalue weighted by Crippen LogP contribution is -2.48. The first-order chi connectivity index (χ1) is 13.7. The van der Waals surface area contributed by atoms with Crippen molar-refractivity contribution in [1.82, 2.24) is 4.90 Å². The summed E-state index contributed by atoms with van der Waals surface area (Å²) in [7, 11) is -0.833. The SMILES string of the molecule is COc1ccccc1N(C)S(=O)(=O)c1ccc(C(=O)N2CC(C)OC(C)C2)cc1. The van der Waals surface area contributed by atoms with E-state index in [1.54, 1.807) is 41.3 Å². The number of morpholine rings is 1. The van der Waals surface area contributed by atoms with Crippen LogP contribution in [0.5, 0.6) is 5.75 Å². The number of benzene rings is 2. The van der Waals surface area contributed by atoms with Crippen LogP contribution in [0, 0.1) is 0 Å². The zero-order chi connectivity index (χ0) is 21.2. The van der Waals surface area contributed by atoms with Crippen LogP contribution in [0.25, 0.3) is 0 Å². The molecule has 29 heavy (non-hydrogen) atoms. The highest BCUT2D eigenvalue weighted by molar-refractivity contribution is 7.92. The van der Waals surface area contributed by atoms with Crippen LogP contribution in [0.3, 0.4) is 0 Å². The molecule has 1 saturated heterocycles. The number of hydrogen-bond donors (Lipinski definition) is 0. The van der Waals surface area contributed by atoms with Crippen LogP contribution in [0.1, 0.15) is 24.2 Å². The van der Waals surface area contributed by atoms with Crippen LogP contribution in [0.2, 0.25) is 0 Å². The quantitative estimate of drug-likeness (QED) is 0.746. The number of ether oxygens (including phenoxy) is 2. The first-order valence-electron chi connectivity index (χ1n) is 9.40. The minimum atomic E-state index is -3.80. The van der Waals surface area contributed by atoms with Crippen molar-refractivity contribution in [3.8, 4) is 5.75 Å². The van der Waals surface area contributed by atoms with Gasteiger partial charge in [-0.2, -0.15) is 0 Å². The molecule has 8 heteroatoms. The molecule has 0 aromatic heterocycles. The van der Waals surface area contributed by atoms with E-state index in [0.29, 0.717) is 30.1 Å². The summed E-state index contributed by atoms with van der Waals surface area (Å²) in [6, 6.07) is 12.9. The maximum atomic E-state index is 13.0. The van der Waals surface area contributed by atoms with Crippen LogP contribution >= 0.6 is 0 Å². The molecule has 0 saturated carbocycles. The van der Waals surface area contributed by atoms with Crippen LogP contribution in [0.4, 0.5) is 5.69 Å². The Morgan fingerprint density at radius 1 is 1.07 bits per heavy atom. The first-order valence-corrected chi connectivity index (χ1v) is 10.8. The van der Waals surface area contributed by atoms with Crippen LogP contribution in [0.15, 0.2) is 53.4 Å². The van der Waals surface area contributed by atoms with E-state index in [1.807, 2.05) is 13.8 Å². The summed E-state index contributed by atoms with van der Waals surface area (Å²) in [6.07, 6.45) is -0.0614. The molecular formula is C21H26N2O5S. The fraction of sp³-hybridized carbons (Fsp3) is 0.381. The predicted octanol–water partition coefficient (Wildman–Crippen LogP) is 2.77. The van der Waals surface area contributed by atoms with Gasteiger partial charge in [-0.15, -0.1) is 0 Å². The third-order valence-electron chi connectivity index (χ3n) is 4.89. The normalized spacial score (nSPS) is 19.7. The van der Waals surface area contributed by atoms with Crippen molar-refractivity contribution < 1.29 is 22.7 Å². The number of methoxy groups -OCH3 is 1. The maximum Gasteiger partial charge on any atom is 0.264 e. The van der Waals surface area contributed by atoms with E-state index in [0.717, 1.165) is 0 Å². The Hall–Kier alpha value is -2.58. The minimum absolute atomic E-state index is 0.0307. The van der Waals surface area contributed by atoms with Gasteiger partial charge in [0.05, 0.1) is 29.9 Å². The third kappa shape index (κ3) is 4.38. The fourth-order valence-corrected chi connectivity index (χ4v) is 4.68. The molecule has 0 N–H and O–H groups in total. The van der Waals surface area contributed by atoms with Gasteiger partial charge < -0.3 is 14.4 Å². The lowest BCUT2D eigenvalue weighted by atomic mass is 10.1. The van der Waals surface area contributed by atoms with E-state index in [4.69, 9.17) is 9.47 Å². The van der Waals surface area contributed by atoms with E-state index >= 15 is 0 Å². The summed E-state index contributed by atoms with van der Waals surface area (Å²) in [5.41, 5.74) is 0.886. The number of para-hydroxylation sites is 2. The molecule has 1 aliphatic heterocycles. The Morgan fingerprint density at radius 3 is 2.24 bits per heavy atom. The molecule has 7 nitrogen and oxygen atoms in total. The van der Waals surface area contributed by atoms with E-state index in [2.05, 4.69) is 0 Å². The largest absolute Gasteiger partial charge is 0.495 e. The average Bonchev–Trinajstić information content (AvgIpc) is 2.72. The number of nitrogens with zero attached hydrogens (tertiary/aromatic N) is 2. The van der Waals surface area contributed by atoms with Crippen molar-refractivity contribution in [2.24, 2.45) is 0 Å². The van der Waals surface area contributed by atoms with Crippen molar-refractivity contribution >= 4 is 21.6 Å². The number of carbonyl (C=O) groups excluding carboxylic acids is 1. The van der Waals surface area contributed by atoms with Crippen molar-refractivity contribution in [2.75, 3.05) is 31.6 Å². The molecule has 2 unspecified atom stereocenters. The topological polar surface area (TPSA) is 76.2 Å². The second-order valence-electron chi connectivity index (χ2n) is 7.14. The number of amides is 1. The molecule has 1 amide bonds. The molecule has 156 valence electrons. The maximum absolute atomic E-state index is 13.0. The smallest absolute Gasteiger partial charge is 0.264 e. The molecule has 0 spiro atoms. The molecule has 0 aliphatic carbocycles. The van der Waals surface area contributed by atoms with Gasteiger partial charge in [0.1, 0.15) is 5.75 Å². The van der Waals surface area contributed by atoms with E-state index in [9.17, 15) is 13.2 Å². The fourth-order valence-electron chi connectivity index (χ4n) is 3.47. The Labute approximate surface area is 171 Å². The number of hydrogen-bond acceptors (Lipinski definition) is 5. The minimum Gasteiger partial charge on any atom is -0.495 e. The van der Waals surface area contributed by atoms with Gasteiger partial charge in [-0.1, -0.05) is 12.1 Å². The monoisotopic (exact) mass is 418 g/mol. The predicted molar refractivity (Wildman–Crippen MR) is 111 cm³/mol. The zero-order valence-electron chi connectivity index (χ0n) is 17.0. The summed E-state index contributed by atoms with van der Waals surface area (Å²) < 4.78 is 38.2. The molecule has 0 radical (unpaired) electrons. The molecule has 1 aliphatic rings. The summed E-state index contributed by atoms with van der Waals surface area (Å²) >= 11 is 0. The number of anilines is 1. The standard InChI is InChI=1S/C21H26N2O5S/c1-15-13-23(14-16(2)28-15)21(24)17-9-11-18(12-10-17)29(25,26)22(3)19-7-5-6-8-20(19)27-4/h5-12,15-16H,13-14H2,1-4H3.